The van der Waals surface area contributed by atoms with Crippen molar-refractivity contribution in [2.45, 2.75) is 46.0 Å². The normalized spacial score (nSPS) is 13.7. The van der Waals surface area contributed by atoms with Crippen molar-refractivity contribution in [1.82, 2.24) is 4.98 Å². The molecule has 1 aromatic heterocycles. The fraction of sp³-hybridized carbons (Fsp3) is 0.304. The van der Waals surface area contributed by atoms with Gasteiger partial charge in [-0.15, -0.1) is 0 Å². The van der Waals surface area contributed by atoms with E-state index in [0.717, 1.165) is 27.7 Å². The van der Waals surface area contributed by atoms with Gasteiger partial charge in [-0.25, -0.2) is 9.78 Å². The monoisotopic (exact) mass is 347 g/mol. The van der Waals surface area contributed by atoms with Crippen LogP contribution in [-0.4, -0.2) is 16.1 Å². The number of nitrogens with zero attached hydrogens (tertiary/aromatic N) is 1. The molecule has 0 saturated heterocycles. The fourth-order valence-corrected chi connectivity index (χ4v) is 3.52. The van der Waals surface area contributed by atoms with E-state index in [2.05, 4.69) is 6.07 Å². The minimum absolute atomic E-state index is 0.375. The molecular formula is C23H25NO2. The highest BCUT2D eigenvalue weighted by Crippen LogP contribution is 2.38. The van der Waals surface area contributed by atoms with E-state index in [9.17, 15) is 9.90 Å². The lowest BCUT2D eigenvalue weighted by Crippen LogP contribution is -2.10. The van der Waals surface area contributed by atoms with Crippen LogP contribution in [0.15, 0.2) is 48.5 Å². The first kappa shape index (κ1) is 18.1. The number of carbonyl (C=O) groups is 1. The largest absolute Gasteiger partial charge is 0.478 e. The number of carboxylic acids is 1. The van der Waals surface area contributed by atoms with E-state index in [4.69, 9.17) is 4.98 Å². The number of benzene rings is 2. The minimum Gasteiger partial charge on any atom is -0.478 e. The number of fused-ring (bicyclic) bond motifs is 1. The zero-order chi connectivity index (χ0) is 18.7. The van der Waals surface area contributed by atoms with Gasteiger partial charge in [0.1, 0.15) is 0 Å². The molecule has 26 heavy (non-hydrogen) atoms. The van der Waals surface area contributed by atoms with Gasteiger partial charge in [-0.2, -0.15) is 0 Å². The van der Waals surface area contributed by atoms with Crippen LogP contribution in [0.4, 0.5) is 0 Å². The third-order valence-corrected chi connectivity index (χ3v) is 5.09. The van der Waals surface area contributed by atoms with Crippen LogP contribution in [0.1, 0.15) is 60.5 Å². The van der Waals surface area contributed by atoms with Gasteiger partial charge in [-0.3, -0.25) is 0 Å². The Morgan fingerprint density at radius 3 is 2.35 bits per heavy atom. The van der Waals surface area contributed by atoms with E-state index in [1.54, 1.807) is 0 Å². The Balaban J connectivity index is 0.000000948. The predicted molar refractivity (Wildman–Crippen MR) is 107 cm³/mol. The Hall–Kier alpha value is -2.68. The van der Waals surface area contributed by atoms with Crippen LogP contribution in [0, 0.1) is 6.92 Å². The molecule has 0 aliphatic heterocycles. The third-order valence-electron chi connectivity index (χ3n) is 5.09. The van der Waals surface area contributed by atoms with Gasteiger partial charge in [0, 0.05) is 10.9 Å². The van der Waals surface area contributed by atoms with Gasteiger partial charge >= 0.3 is 5.97 Å². The molecule has 134 valence electrons. The second-order valence-electron chi connectivity index (χ2n) is 6.54. The van der Waals surface area contributed by atoms with Crippen LogP contribution in [0.3, 0.4) is 0 Å². The van der Waals surface area contributed by atoms with Gasteiger partial charge in [0.25, 0.3) is 0 Å². The summed E-state index contributed by atoms with van der Waals surface area (Å²) in [6.45, 7) is 5.86. The van der Waals surface area contributed by atoms with Crippen molar-refractivity contribution in [3.8, 4) is 11.3 Å². The van der Waals surface area contributed by atoms with Crippen LogP contribution in [0.2, 0.25) is 0 Å². The molecule has 3 heteroatoms. The van der Waals surface area contributed by atoms with Gasteiger partial charge < -0.3 is 5.11 Å². The first-order chi connectivity index (χ1) is 12.6. The van der Waals surface area contributed by atoms with Crippen molar-refractivity contribution in [2.24, 2.45) is 0 Å². The van der Waals surface area contributed by atoms with Gasteiger partial charge in [0.2, 0.25) is 0 Å². The molecule has 1 fully saturated rings. The molecule has 1 aliphatic carbocycles. The first-order valence-electron chi connectivity index (χ1n) is 9.38. The highest BCUT2D eigenvalue weighted by atomic mass is 16.4. The number of carboxylic acid groups (broad SMARTS) is 1. The van der Waals surface area contributed by atoms with Crippen LogP contribution < -0.4 is 0 Å². The summed E-state index contributed by atoms with van der Waals surface area (Å²) in [6.07, 6.45) is 3.66. The Labute approximate surface area is 154 Å². The molecule has 3 aromatic rings. The average Bonchev–Trinajstić information content (AvgIpc) is 2.62. The quantitative estimate of drug-likeness (QED) is 0.613. The zero-order valence-electron chi connectivity index (χ0n) is 15.6. The van der Waals surface area contributed by atoms with E-state index >= 15 is 0 Å². The topological polar surface area (TPSA) is 50.2 Å². The SMILES string of the molecule is CC.Cc1c(-c2ccccc2)nc2ccc(C3CCC3)cc2c1C(=O)O. The highest BCUT2D eigenvalue weighted by Gasteiger charge is 2.22. The minimum atomic E-state index is -0.886. The molecule has 1 saturated carbocycles. The average molecular weight is 347 g/mol. The molecular weight excluding hydrogens is 322 g/mol. The number of pyridine rings is 1. The zero-order valence-corrected chi connectivity index (χ0v) is 15.6. The molecule has 0 bridgehead atoms. The van der Waals surface area contributed by atoms with Crippen molar-refractivity contribution in [2.75, 3.05) is 0 Å². The molecule has 0 atom stereocenters. The summed E-state index contributed by atoms with van der Waals surface area (Å²) < 4.78 is 0. The van der Waals surface area contributed by atoms with Crippen LogP contribution in [0.25, 0.3) is 22.2 Å². The van der Waals surface area contributed by atoms with E-state index in [1.807, 2.05) is 63.2 Å². The number of aromatic nitrogens is 1. The van der Waals surface area contributed by atoms with Crippen molar-refractivity contribution in [1.29, 1.82) is 0 Å². The van der Waals surface area contributed by atoms with E-state index in [-0.39, 0.29) is 0 Å². The summed E-state index contributed by atoms with van der Waals surface area (Å²) in [4.78, 5) is 16.7. The van der Waals surface area contributed by atoms with Gasteiger partial charge in [0.15, 0.2) is 0 Å². The van der Waals surface area contributed by atoms with Crippen LogP contribution in [0.5, 0.6) is 0 Å². The maximum Gasteiger partial charge on any atom is 0.336 e. The number of aromatic carboxylic acids is 1. The number of hydrogen-bond donors (Lipinski definition) is 1. The van der Waals surface area contributed by atoms with Gasteiger partial charge in [-0.1, -0.05) is 56.7 Å². The summed E-state index contributed by atoms with van der Waals surface area (Å²) in [5, 5.41) is 10.6. The lowest BCUT2D eigenvalue weighted by molar-refractivity contribution is 0.0698. The molecule has 0 unspecified atom stereocenters. The van der Waals surface area contributed by atoms with Crippen molar-refractivity contribution in [3.63, 3.8) is 0 Å². The van der Waals surface area contributed by atoms with Crippen LogP contribution >= 0.6 is 0 Å². The number of hydrogen-bond acceptors (Lipinski definition) is 2. The summed E-state index contributed by atoms with van der Waals surface area (Å²) in [5.74, 6) is -0.312. The Kier molecular flexibility index (Phi) is 5.36. The molecule has 4 rings (SSSR count). The summed E-state index contributed by atoms with van der Waals surface area (Å²) in [6, 6.07) is 15.9. The second-order valence-corrected chi connectivity index (χ2v) is 6.54. The van der Waals surface area contributed by atoms with Gasteiger partial charge in [0.05, 0.1) is 16.8 Å². The Morgan fingerprint density at radius 2 is 1.77 bits per heavy atom. The fourth-order valence-electron chi connectivity index (χ4n) is 3.52. The lowest BCUT2D eigenvalue weighted by atomic mass is 9.79. The molecule has 0 amide bonds. The predicted octanol–water partition coefficient (Wildman–Crippen LogP) is 6.20. The maximum atomic E-state index is 12.0. The number of rotatable bonds is 3. The standard InChI is InChI=1S/C21H19NO2.C2H6/c1-13-19(21(23)24)17-12-16(14-8-5-9-14)10-11-18(17)22-20(13)15-6-3-2-4-7-15;1-2/h2-4,6-7,10-12,14H,5,8-9H2,1H3,(H,23,24);1-2H3. The van der Waals surface area contributed by atoms with E-state index in [1.165, 1.54) is 24.8 Å². The molecule has 1 N–H and O–H groups in total. The summed E-state index contributed by atoms with van der Waals surface area (Å²) >= 11 is 0. The molecule has 2 aromatic carbocycles. The maximum absolute atomic E-state index is 12.0. The molecule has 0 spiro atoms. The summed E-state index contributed by atoms with van der Waals surface area (Å²) in [7, 11) is 0. The molecule has 0 radical (unpaired) electrons. The lowest BCUT2D eigenvalue weighted by Gasteiger charge is -2.26. The van der Waals surface area contributed by atoms with Crippen LogP contribution in [-0.2, 0) is 0 Å². The second kappa shape index (κ2) is 7.69. The van der Waals surface area contributed by atoms with E-state index in [0.29, 0.717) is 11.5 Å². The summed E-state index contributed by atoms with van der Waals surface area (Å²) in [5.41, 5.74) is 4.79. The van der Waals surface area contributed by atoms with Crippen molar-refractivity contribution >= 4 is 16.9 Å². The Morgan fingerprint density at radius 1 is 1.08 bits per heavy atom. The third kappa shape index (κ3) is 3.22. The molecule has 1 heterocycles. The van der Waals surface area contributed by atoms with Gasteiger partial charge in [-0.05, 0) is 48.9 Å². The van der Waals surface area contributed by atoms with Crippen molar-refractivity contribution in [3.05, 3.63) is 65.2 Å². The molecule has 3 nitrogen and oxygen atoms in total. The van der Waals surface area contributed by atoms with Crippen molar-refractivity contribution < 1.29 is 9.90 Å². The smallest absolute Gasteiger partial charge is 0.336 e. The highest BCUT2D eigenvalue weighted by molar-refractivity contribution is 6.05. The van der Waals surface area contributed by atoms with E-state index < -0.39 is 5.97 Å². The Bertz CT molecular complexity index is 928. The first-order valence-corrected chi connectivity index (χ1v) is 9.38. The molecule has 1 aliphatic rings.